The molecule has 0 aliphatic heterocycles. The predicted octanol–water partition coefficient (Wildman–Crippen LogP) is 2.23. The van der Waals surface area contributed by atoms with E-state index in [0.717, 1.165) is 6.42 Å². The third-order valence-corrected chi connectivity index (χ3v) is 4.15. The number of likely N-dealkylation sites (N-methyl/N-ethyl adjacent to an activating group) is 1. The van der Waals surface area contributed by atoms with E-state index in [1.165, 1.54) is 25.7 Å². The molecule has 2 heteroatoms. The van der Waals surface area contributed by atoms with Gasteiger partial charge in [0.25, 0.3) is 0 Å². The second-order valence-corrected chi connectivity index (χ2v) is 4.85. The molecular formula is C14H24N2. The predicted molar refractivity (Wildman–Crippen MR) is 69.0 cm³/mol. The minimum absolute atomic E-state index is 0.685. The van der Waals surface area contributed by atoms with Crippen LogP contribution in [-0.4, -0.2) is 17.7 Å². The van der Waals surface area contributed by atoms with Crippen LogP contribution in [0.5, 0.6) is 0 Å². The van der Waals surface area contributed by atoms with Gasteiger partial charge in [0.05, 0.1) is 0 Å². The number of aromatic nitrogens is 1. The molecule has 1 aliphatic rings. The number of nitrogens with zero attached hydrogens (tertiary/aromatic N) is 1. The normalized spacial score (nSPS) is 19.9. The molecule has 0 saturated carbocycles. The zero-order valence-corrected chi connectivity index (χ0v) is 11.1. The van der Waals surface area contributed by atoms with Gasteiger partial charge in [-0.1, -0.05) is 13.8 Å². The lowest BCUT2D eigenvalue weighted by molar-refractivity contribution is 0.485. The first-order chi connectivity index (χ1) is 7.72. The van der Waals surface area contributed by atoms with Crippen LogP contribution in [0.25, 0.3) is 0 Å². The van der Waals surface area contributed by atoms with Crippen molar-refractivity contribution in [1.29, 1.82) is 0 Å². The molecule has 2 rings (SSSR count). The maximum absolute atomic E-state index is 3.43. The Morgan fingerprint density at radius 3 is 2.62 bits per heavy atom. The van der Waals surface area contributed by atoms with E-state index < -0.39 is 0 Å². The summed E-state index contributed by atoms with van der Waals surface area (Å²) in [6.45, 7) is 4.56. The van der Waals surface area contributed by atoms with E-state index in [2.05, 4.69) is 37.8 Å². The highest BCUT2D eigenvalue weighted by Gasteiger charge is 2.25. The largest absolute Gasteiger partial charge is 0.351 e. The number of fused-ring (bicyclic) bond motifs is 1. The Balaban J connectivity index is 2.45. The Labute approximate surface area is 99.0 Å². The summed E-state index contributed by atoms with van der Waals surface area (Å²) in [5.74, 6) is 0. The van der Waals surface area contributed by atoms with Gasteiger partial charge in [-0.05, 0) is 50.3 Å². The summed E-state index contributed by atoms with van der Waals surface area (Å²) in [6.07, 6.45) is 6.10. The number of nitrogens with one attached hydrogen (secondary N) is 1. The maximum atomic E-state index is 3.43. The van der Waals surface area contributed by atoms with Crippen molar-refractivity contribution in [1.82, 2.24) is 9.88 Å². The quantitative estimate of drug-likeness (QED) is 0.826. The van der Waals surface area contributed by atoms with E-state index in [1.807, 2.05) is 0 Å². The van der Waals surface area contributed by atoms with E-state index in [0.29, 0.717) is 6.04 Å². The van der Waals surface area contributed by atoms with E-state index in [9.17, 15) is 0 Å². The highest BCUT2D eigenvalue weighted by molar-refractivity contribution is 5.41. The highest BCUT2D eigenvalue weighted by Crippen LogP contribution is 2.30. The third kappa shape index (κ3) is 1.69. The van der Waals surface area contributed by atoms with E-state index in [1.54, 1.807) is 22.5 Å². The Hall–Kier alpha value is -0.760. The van der Waals surface area contributed by atoms with Gasteiger partial charge in [-0.25, -0.2) is 0 Å². The lowest BCUT2D eigenvalue weighted by atomic mass is 9.89. The van der Waals surface area contributed by atoms with Gasteiger partial charge < -0.3 is 9.88 Å². The summed E-state index contributed by atoms with van der Waals surface area (Å²) in [4.78, 5) is 0. The molecule has 1 aliphatic carbocycles. The minimum atomic E-state index is 0.685. The summed E-state index contributed by atoms with van der Waals surface area (Å²) in [5, 5.41) is 3.43. The summed E-state index contributed by atoms with van der Waals surface area (Å²) in [7, 11) is 4.33. The zero-order valence-electron chi connectivity index (χ0n) is 11.1. The summed E-state index contributed by atoms with van der Waals surface area (Å²) in [5.41, 5.74) is 6.43. The zero-order chi connectivity index (χ0) is 11.7. The van der Waals surface area contributed by atoms with Gasteiger partial charge in [-0.3, -0.25) is 0 Å². The van der Waals surface area contributed by atoms with E-state index >= 15 is 0 Å². The van der Waals surface area contributed by atoms with Gasteiger partial charge in [-0.2, -0.15) is 0 Å². The van der Waals surface area contributed by atoms with Gasteiger partial charge in [0.15, 0.2) is 0 Å². The number of rotatable bonds is 3. The van der Waals surface area contributed by atoms with Gasteiger partial charge in [0, 0.05) is 24.5 Å². The molecule has 1 N–H and O–H groups in total. The molecule has 0 spiro atoms. The van der Waals surface area contributed by atoms with Crippen LogP contribution in [0.15, 0.2) is 0 Å². The Kier molecular flexibility index (Phi) is 3.38. The SMILES string of the molecule is CCc1c2c(n(C)c1CC)CCC(NC)C2. The van der Waals surface area contributed by atoms with Gasteiger partial charge >= 0.3 is 0 Å². The van der Waals surface area contributed by atoms with Crippen LogP contribution in [0.2, 0.25) is 0 Å². The molecule has 90 valence electrons. The van der Waals surface area contributed by atoms with Crippen molar-refractivity contribution in [2.75, 3.05) is 7.05 Å². The van der Waals surface area contributed by atoms with E-state index in [4.69, 9.17) is 0 Å². The van der Waals surface area contributed by atoms with Crippen molar-refractivity contribution in [3.05, 3.63) is 22.5 Å². The monoisotopic (exact) mass is 220 g/mol. The molecule has 0 aromatic carbocycles. The fourth-order valence-electron chi connectivity index (χ4n) is 3.25. The Morgan fingerprint density at radius 2 is 2.06 bits per heavy atom. The first-order valence-corrected chi connectivity index (χ1v) is 6.58. The number of hydrogen-bond donors (Lipinski definition) is 1. The van der Waals surface area contributed by atoms with Crippen molar-refractivity contribution in [2.45, 2.75) is 52.0 Å². The standard InChI is InChI=1S/C14H24N2/c1-5-11-12-9-10(15-3)7-8-14(12)16(4)13(11)6-2/h10,15H,5-9H2,1-4H3. The fraction of sp³-hybridized carbons (Fsp3) is 0.714. The van der Waals surface area contributed by atoms with Crippen LogP contribution in [0.1, 0.15) is 42.8 Å². The molecule has 2 nitrogen and oxygen atoms in total. The van der Waals surface area contributed by atoms with Crippen molar-refractivity contribution in [3.63, 3.8) is 0 Å². The van der Waals surface area contributed by atoms with Crippen LogP contribution in [0.3, 0.4) is 0 Å². The molecule has 1 aromatic heterocycles. The van der Waals surface area contributed by atoms with E-state index in [-0.39, 0.29) is 0 Å². The average Bonchev–Trinajstić information content (AvgIpc) is 2.60. The molecule has 0 fully saturated rings. The van der Waals surface area contributed by atoms with Crippen molar-refractivity contribution >= 4 is 0 Å². The van der Waals surface area contributed by atoms with Crippen LogP contribution >= 0.6 is 0 Å². The second-order valence-electron chi connectivity index (χ2n) is 4.85. The topological polar surface area (TPSA) is 17.0 Å². The van der Waals surface area contributed by atoms with Crippen LogP contribution in [0.4, 0.5) is 0 Å². The molecule has 1 heterocycles. The number of hydrogen-bond acceptors (Lipinski definition) is 1. The highest BCUT2D eigenvalue weighted by atomic mass is 15.0. The van der Waals surface area contributed by atoms with Crippen LogP contribution in [0, 0.1) is 0 Å². The van der Waals surface area contributed by atoms with Gasteiger partial charge in [0.2, 0.25) is 0 Å². The smallest absolute Gasteiger partial charge is 0.0210 e. The molecular weight excluding hydrogens is 196 g/mol. The molecule has 1 atom stereocenters. The summed E-state index contributed by atoms with van der Waals surface area (Å²) in [6, 6.07) is 0.685. The maximum Gasteiger partial charge on any atom is 0.0210 e. The van der Waals surface area contributed by atoms with Crippen molar-refractivity contribution in [3.8, 4) is 0 Å². The van der Waals surface area contributed by atoms with Crippen molar-refractivity contribution < 1.29 is 0 Å². The Morgan fingerprint density at radius 1 is 1.31 bits per heavy atom. The molecule has 1 aromatic rings. The molecule has 0 amide bonds. The second kappa shape index (κ2) is 4.62. The molecule has 1 unspecified atom stereocenters. The lowest BCUT2D eigenvalue weighted by Crippen LogP contribution is -2.32. The van der Waals surface area contributed by atoms with Crippen LogP contribution in [-0.2, 0) is 32.7 Å². The fourth-order valence-corrected chi connectivity index (χ4v) is 3.25. The summed E-state index contributed by atoms with van der Waals surface area (Å²) >= 11 is 0. The molecule has 0 bridgehead atoms. The molecule has 0 saturated heterocycles. The average molecular weight is 220 g/mol. The lowest BCUT2D eigenvalue weighted by Gasteiger charge is -2.23. The van der Waals surface area contributed by atoms with Gasteiger partial charge in [0.1, 0.15) is 0 Å². The van der Waals surface area contributed by atoms with Crippen LogP contribution < -0.4 is 5.32 Å². The first kappa shape index (κ1) is 11.7. The first-order valence-electron chi connectivity index (χ1n) is 6.58. The van der Waals surface area contributed by atoms with Crippen molar-refractivity contribution in [2.24, 2.45) is 7.05 Å². The molecule has 0 radical (unpaired) electrons. The third-order valence-electron chi connectivity index (χ3n) is 4.15. The Bertz CT molecular complexity index is 377. The minimum Gasteiger partial charge on any atom is -0.351 e. The molecule has 16 heavy (non-hydrogen) atoms. The summed E-state index contributed by atoms with van der Waals surface area (Å²) < 4.78 is 2.46. The van der Waals surface area contributed by atoms with Gasteiger partial charge in [-0.15, -0.1) is 0 Å².